The number of hydrogen-bond donors (Lipinski definition) is 1. The number of phenolic OH excluding ortho intramolecular Hbond substituents is 1. The number of hydrogen-bond acceptors (Lipinski definition) is 1. The molecule has 1 atom stereocenters. The minimum Gasteiger partial charge on any atom is -0.508 e. The maximum atomic E-state index is 10.2. The van der Waals surface area contributed by atoms with Gasteiger partial charge in [-0.1, -0.05) is 54.6 Å². The van der Waals surface area contributed by atoms with Gasteiger partial charge < -0.3 is 5.11 Å². The van der Waals surface area contributed by atoms with Crippen molar-refractivity contribution < 1.29 is 5.11 Å². The molecule has 0 amide bonds. The van der Waals surface area contributed by atoms with E-state index in [4.69, 9.17) is 0 Å². The maximum absolute atomic E-state index is 10.2. The molecule has 0 aliphatic heterocycles. The quantitative estimate of drug-likeness (QED) is 0.802. The zero-order valence-corrected chi connectivity index (χ0v) is 13.8. The van der Waals surface area contributed by atoms with Crippen LogP contribution in [-0.4, -0.2) is 13.2 Å². The van der Waals surface area contributed by atoms with Crippen molar-refractivity contribution in [3.05, 3.63) is 46.2 Å². The average molecular weight is 272 g/mol. The fraction of sp³-hybridized carbons (Fsp3) is 0.412. The first kappa shape index (κ1) is 14.1. The van der Waals surface area contributed by atoms with Gasteiger partial charge in [0.2, 0.25) is 0 Å². The fourth-order valence-electron chi connectivity index (χ4n) is 3.52. The summed E-state index contributed by atoms with van der Waals surface area (Å²) in [5.41, 5.74) is 4.38. The van der Waals surface area contributed by atoms with Gasteiger partial charge in [0, 0.05) is 0 Å². The van der Waals surface area contributed by atoms with Crippen molar-refractivity contribution in [1.82, 2.24) is 0 Å². The smallest absolute Gasteiger partial charge is 0.115 e. The lowest BCUT2D eigenvalue weighted by Gasteiger charge is -2.30. The van der Waals surface area contributed by atoms with E-state index in [0.29, 0.717) is 11.7 Å². The molecule has 0 spiro atoms. The molecule has 0 heterocycles. The first-order chi connectivity index (χ1) is 8.78. The largest absolute Gasteiger partial charge is 0.508 e. The third kappa shape index (κ3) is 2.08. The second-order valence-corrected chi connectivity index (χ2v) is 10.5. The van der Waals surface area contributed by atoms with Gasteiger partial charge in [0.1, 0.15) is 13.8 Å². The molecule has 1 nitrogen and oxygen atoms in total. The van der Waals surface area contributed by atoms with E-state index in [-0.39, 0.29) is 0 Å². The van der Waals surface area contributed by atoms with Crippen LogP contribution in [0.25, 0.3) is 0 Å². The molecule has 1 aliphatic carbocycles. The van der Waals surface area contributed by atoms with Gasteiger partial charge in [-0.2, -0.15) is 0 Å². The molecule has 2 rings (SSSR count). The summed E-state index contributed by atoms with van der Waals surface area (Å²) in [5, 5.41) is 12.9. The molecule has 1 aromatic rings. The summed E-state index contributed by atoms with van der Waals surface area (Å²) < 4.78 is 0. The summed E-state index contributed by atoms with van der Waals surface area (Å²) in [5.74, 6) is 0.968. The molecule has 0 saturated carbocycles. The topological polar surface area (TPSA) is 20.2 Å². The van der Waals surface area contributed by atoms with Crippen LogP contribution in [-0.2, 0) is 0 Å². The number of benzene rings is 1. The van der Waals surface area contributed by atoms with Crippen molar-refractivity contribution in [2.45, 2.75) is 40.8 Å². The third-order valence-electron chi connectivity index (χ3n) is 4.89. The van der Waals surface area contributed by atoms with Crippen molar-refractivity contribution in [2.75, 3.05) is 0 Å². The highest BCUT2D eigenvalue weighted by molar-refractivity contribution is 6.96. The van der Waals surface area contributed by atoms with E-state index in [0.717, 1.165) is 5.19 Å². The molecule has 0 saturated heterocycles. The highest BCUT2D eigenvalue weighted by atomic mass is 28.3. The lowest BCUT2D eigenvalue weighted by Crippen LogP contribution is -2.45. The molecule has 102 valence electrons. The molecule has 19 heavy (non-hydrogen) atoms. The molecular weight excluding hydrogens is 248 g/mol. The van der Waals surface area contributed by atoms with Crippen molar-refractivity contribution >= 4 is 13.3 Å². The highest BCUT2D eigenvalue weighted by Crippen LogP contribution is 2.41. The second-order valence-electron chi connectivity index (χ2n) is 6.21. The fourth-order valence-corrected chi connectivity index (χ4v) is 7.47. The summed E-state index contributed by atoms with van der Waals surface area (Å²) in [6, 6.07) is 7.84. The zero-order chi connectivity index (χ0) is 14.4. The predicted molar refractivity (Wildman–Crippen MR) is 85.5 cm³/mol. The molecular formula is C17H24OSi. The van der Waals surface area contributed by atoms with Crippen molar-refractivity contribution in [3.63, 3.8) is 0 Å². The zero-order valence-electron chi connectivity index (χ0n) is 12.8. The normalized spacial score (nSPS) is 20.4. The molecule has 0 radical (unpaired) electrons. The molecule has 1 aliphatic rings. The Hall–Kier alpha value is -1.28. The van der Waals surface area contributed by atoms with Gasteiger partial charge in [-0.05, 0) is 43.5 Å². The Morgan fingerprint density at radius 3 is 2.05 bits per heavy atom. The van der Waals surface area contributed by atoms with E-state index in [1.54, 1.807) is 5.20 Å². The standard InChI is InChI=1S/C17H24OSi/c1-11-12(2)14(4)17(13(11)3)19(5,6)16-10-8-7-9-15(16)18/h7-10,13,18H,1-6H3. The van der Waals surface area contributed by atoms with E-state index in [1.165, 1.54) is 16.7 Å². The van der Waals surface area contributed by atoms with Gasteiger partial charge in [-0.3, -0.25) is 0 Å². The second kappa shape index (κ2) is 4.68. The van der Waals surface area contributed by atoms with Gasteiger partial charge in [-0.15, -0.1) is 0 Å². The van der Waals surface area contributed by atoms with Gasteiger partial charge in [0.05, 0.1) is 0 Å². The number of rotatable bonds is 2. The van der Waals surface area contributed by atoms with E-state index in [2.05, 4.69) is 46.9 Å². The summed E-state index contributed by atoms with van der Waals surface area (Å²) in [6.07, 6.45) is 0. The van der Waals surface area contributed by atoms with Crippen molar-refractivity contribution in [2.24, 2.45) is 5.92 Å². The summed E-state index contributed by atoms with van der Waals surface area (Å²) >= 11 is 0. The highest BCUT2D eigenvalue weighted by Gasteiger charge is 2.38. The van der Waals surface area contributed by atoms with Crippen LogP contribution in [0, 0.1) is 5.92 Å². The Labute approximate surface area is 117 Å². The van der Waals surface area contributed by atoms with E-state index >= 15 is 0 Å². The van der Waals surface area contributed by atoms with Gasteiger partial charge in [0.15, 0.2) is 0 Å². The van der Waals surface area contributed by atoms with Crippen LogP contribution >= 0.6 is 0 Å². The Balaban J connectivity index is 2.57. The maximum Gasteiger partial charge on any atom is 0.115 e. The Morgan fingerprint density at radius 1 is 1.00 bits per heavy atom. The molecule has 0 aromatic heterocycles. The monoisotopic (exact) mass is 272 g/mol. The summed E-state index contributed by atoms with van der Waals surface area (Å²) in [4.78, 5) is 0. The lowest BCUT2D eigenvalue weighted by molar-refractivity contribution is 0.479. The minimum atomic E-state index is -1.81. The first-order valence-electron chi connectivity index (χ1n) is 6.96. The summed E-state index contributed by atoms with van der Waals surface area (Å²) in [7, 11) is -1.81. The van der Waals surface area contributed by atoms with E-state index in [9.17, 15) is 5.11 Å². The van der Waals surface area contributed by atoms with Gasteiger partial charge in [-0.25, -0.2) is 0 Å². The Bertz CT molecular complexity index is 579. The van der Waals surface area contributed by atoms with Crippen LogP contribution < -0.4 is 5.19 Å². The van der Waals surface area contributed by atoms with E-state index in [1.807, 2.05) is 18.2 Å². The van der Waals surface area contributed by atoms with Crippen molar-refractivity contribution in [1.29, 1.82) is 0 Å². The Kier molecular flexibility index (Phi) is 3.48. The molecule has 0 bridgehead atoms. The van der Waals surface area contributed by atoms with Gasteiger partial charge in [0.25, 0.3) is 0 Å². The molecule has 1 unspecified atom stereocenters. The van der Waals surface area contributed by atoms with Crippen LogP contribution in [0.1, 0.15) is 27.7 Å². The number of phenols is 1. The van der Waals surface area contributed by atoms with Gasteiger partial charge >= 0.3 is 0 Å². The lowest BCUT2D eigenvalue weighted by atomic mass is 10.1. The predicted octanol–water partition coefficient (Wildman–Crippen LogP) is 4.15. The number of allylic oxidation sites excluding steroid dienone is 4. The van der Waals surface area contributed by atoms with Crippen LogP contribution in [0.3, 0.4) is 0 Å². The number of aromatic hydroxyl groups is 1. The molecule has 1 aromatic carbocycles. The third-order valence-corrected chi connectivity index (χ3v) is 8.82. The number of para-hydroxylation sites is 1. The Morgan fingerprint density at radius 2 is 1.58 bits per heavy atom. The van der Waals surface area contributed by atoms with Crippen LogP contribution in [0.4, 0.5) is 0 Å². The summed E-state index contributed by atoms with van der Waals surface area (Å²) in [6.45, 7) is 13.7. The van der Waals surface area contributed by atoms with Crippen molar-refractivity contribution in [3.8, 4) is 5.75 Å². The SMILES string of the molecule is CC1=C(C)C(C)C([Si](C)(C)c2ccccc2O)=C1C. The van der Waals surface area contributed by atoms with Crippen LogP contribution in [0.15, 0.2) is 46.2 Å². The average Bonchev–Trinajstić information content (AvgIpc) is 2.54. The minimum absolute atomic E-state index is 0.453. The molecule has 0 fully saturated rings. The first-order valence-corrected chi connectivity index (χ1v) is 9.96. The molecule has 1 N–H and O–H groups in total. The van der Waals surface area contributed by atoms with Crippen LogP contribution in [0.5, 0.6) is 5.75 Å². The van der Waals surface area contributed by atoms with Crippen LogP contribution in [0.2, 0.25) is 13.1 Å². The van der Waals surface area contributed by atoms with E-state index < -0.39 is 8.07 Å². The molecule has 2 heteroatoms.